The maximum atomic E-state index is 5.43. The number of hydrogen-bond donors (Lipinski definition) is 1. The molecule has 1 fully saturated rings. The van der Waals surface area contributed by atoms with Crippen molar-refractivity contribution in [1.82, 2.24) is 5.32 Å². The predicted octanol–water partition coefficient (Wildman–Crippen LogP) is 4.63. The molecule has 0 aromatic heterocycles. The second-order valence-corrected chi connectivity index (χ2v) is 6.81. The molecule has 0 heterocycles. The Morgan fingerprint density at radius 1 is 1.19 bits per heavy atom. The quantitative estimate of drug-likeness (QED) is 0.871. The van der Waals surface area contributed by atoms with Crippen LogP contribution in [0.25, 0.3) is 0 Å². The average Bonchev–Trinajstić information content (AvgIpc) is 2.55. The van der Waals surface area contributed by atoms with Gasteiger partial charge in [0, 0.05) is 12.1 Å². The van der Waals surface area contributed by atoms with Crippen molar-refractivity contribution in [2.45, 2.75) is 70.4 Å². The van der Waals surface area contributed by atoms with Crippen molar-refractivity contribution >= 4 is 0 Å². The van der Waals surface area contributed by atoms with Gasteiger partial charge in [-0.05, 0) is 61.3 Å². The van der Waals surface area contributed by atoms with Crippen molar-refractivity contribution in [2.24, 2.45) is 5.92 Å². The summed E-state index contributed by atoms with van der Waals surface area (Å²) < 4.78 is 5.43. The number of rotatable bonds is 4. The molecule has 21 heavy (non-hydrogen) atoms. The smallest absolute Gasteiger partial charge is 0.119 e. The molecule has 0 amide bonds. The molecule has 0 bridgehead atoms. The molecule has 2 aliphatic rings. The molecular formula is C19H29NO. The van der Waals surface area contributed by atoms with Crippen LogP contribution in [0.3, 0.4) is 0 Å². The highest BCUT2D eigenvalue weighted by Crippen LogP contribution is 2.35. The zero-order valence-electron chi connectivity index (χ0n) is 13.5. The van der Waals surface area contributed by atoms with E-state index < -0.39 is 0 Å². The van der Waals surface area contributed by atoms with Crippen LogP contribution >= 0.6 is 0 Å². The SMILES string of the molecule is CCC1CCCC(NC2CCCc3ccc(OC)cc32)C1. The number of benzene rings is 1. The Morgan fingerprint density at radius 2 is 2.10 bits per heavy atom. The molecule has 1 saturated carbocycles. The van der Waals surface area contributed by atoms with Crippen LogP contribution in [-0.4, -0.2) is 13.2 Å². The zero-order chi connectivity index (χ0) is 14.7. The van der Waals surface area contributed by atoms with Gasteiger partial charge in [0.15, 0.2) is 0 Å². The molecular weight excluding hydrogens is 258 g/mol. The molecule has 0 radical (unpaired) electrons. The van der Waals surface area contributed by atoms with Crippen molar-refractivity contribution in [1.29, 1.82) is 0 Å². The minimum Gasteiger partial charge on any atom is -0.497 e. The van der Waals surface area contributed by atoms with E-state index in [1.54, 1.807) is 7.11 Å². The first-order chi connectivity index (χ1) is 10.3. The topological polar surface area (TPSA) is 21.3 Å². The molecule has 0 spiro atoms. The van der Waals surface area contributed by atoms with Crippen LogP contribution < -0.4 is 10.1 Å². The van der Waals surface area contributed by atoms with Gasteiger partial charge in [-0.3, -0.25) is 0 Å². The molecule has 2 nitrogen and oxygen atoms in total. The van der Waals surface area contributed by atoms with Gasteiger partial charge in [0.1, 0.15) is 5.75 Å². The molecule has 1 aromatic rings. The lowest BCUT2D eigenvalue weighted by molar-refractivity contribution is 0.254. The third-order valence-corrected chi connectivity index (χ3v) is 5.46. The average molecular weight is 287 g/mol. The lowest BCUT2D eigenvalue weighted by atomic mass is 9.82. The van der Waals surface area contributed by atoms with Gasteiger partial charge in [0.25, 0.3) is 0 Å². The monoisotopic (exact) mass is 287 g/mol. The van der Waals surface area contributed by atoms with E-state index in [2.05, 4.69) is 30.4 Å². The number of ether oxygens (including phenoxy) is 1. The van der Waals surface area contributed by atoms with Crippen LogP contribution in [-0.2, 0) is 6.42 Å². The van der Waals surface area contributed by atoms with E-state index in [4.69, 9.17) is 4.74 Å². The molecule has 116 valence electrons. The predicted molar refractivity (Wildman–Crippen MR) is 87.8 cm³/mol. The summed E-state index contributed by atoms with van der Waals surface area (Å²) in [5, 5.41) is 3.97. The summed E-state index contributed by atoms with van der Waals surface area (Å²) in [6, 6.07) is 7.87. The Hall–Kier alpha value is -1.02. The van der Waals surface area contributed by atoms with Gasteiger partial charge in [-0.1, -0.05) is 32.3 Å². The summed E-state index contributed by atoms with van der Waals surface area (Å²) in [5.74, 6) is 1.93. The third kappa shape index (κ3) is 3.42. The summed E-state index contributed by atoms with van der Waals surface area (Å²) >= 11 is 0. The number of methoxy groups -OCH3 is 1. The molecule has 0 aliphatic heterocycles. The van der Waals surface area contributed by atoms with Gasteiger partial charge in [-0.25, -0.2) is 0 Å². The van der Waals surface area contributed by atoms with E-state index in [0.717, 1.165) is 11.7 Å². The first-order valence-electron chi connectivity index (χ1n) is 8.73. The molecule has 1 N–H and O–H groups in total. The van der Waals surface area contributed by atoms with E-state index in [9.17, 15) is 0 Å². The first-order valence-corrected chi connectivity index (χ1v) is 8.73. The molecule has 3 unspecified atom stereocenters. The molecule has 3 atom stereocenters. The minimum absolute atomic E-state index is 0.532. The van der Waals surface area contributed by atoms with E-state index in [1.165, 1.54) is 62.5 Å². The number of nitrogens with one attached hydrogen (secondary N) is 1. The van der Waals surface area contributed by atoms with Crippen molar-refractivity contribution in [2.75, 3.05) is 7.11 Å². The Labute approximate surface area is 129 Å². The van der Waals surface area contributed by atoms with Gasteiger partial charge in [-0.2, -0.15) is 0 Å². The third-order valence-electron chi connectivity index (χ3n) is 5.46. The summed E-state index contributed by atoms with van der Waals surface area (Å²) in [7, 11) is 1.76. The highest BCUT2D eigenvalue weighted by atomic mass is 16.5. The van der Waals surface area contributed by atoms with Gasteiger partial charge < -0.3 is 10.1 Å². The van der Waals surface area contributed by atoms with Gasteiger partial charge in [-0.15, -0.1) is 0 Å². The Balaban J connectivity index is 1.72. The maximum Gasteiger partial charge on any atom is 0.119 e. The fourth-order valence-corrected chi connectivity index (χ4v) is 4.17. The van der Waals surface area contributed by atoms with Crippen LogP contribution in [0.15, 0.2) is 18.2 Å². The van der Waals surface area contributed by atoms with E-state index in [1.807, 2.05) is 0 Å². The summed E-state index contributed by atoms with van der Waals surface area (Å²) in [6.07, 6.45) is 10.7. The second kappa shape index (κ2) is 6.83. The Bertz CT molecular complexity index is 471. The van der Waals surface area contributed by atoms with E-state index >= 15 is 0 Å². The largest absolute Gasteiger partial charge is 0.497 e. The van der Waals surface area contributed by atoms with Crippen molar-refractivity contribution in [3.63, 3.8) is 0 Å². The fourth-order valence-electron chi connectivity index (χ4n) is 4.17. The number of aryl methyl sites for hydroxylation is 1. The lowest BCUT2D eigenvalue weighted by Gasteiger charge is -2.35. The highest BCUT2D eigenvalue weighted by molar-refractivity contribution is 5.39. The molecule has 3 rings (SSSR count). The van der Waals surface area contributed by atoms with E-state index in [0.29, 0.717) is 12.1 Å². The Kier molecular flexibility index (Phi) is 4.84. The molecule has 2 aliphatic carbocycles. The number of hydrogen-bond acceptors (Lipinski definition) is 2. The minimum atomic E-state index is 0.532. The summed E-state index contributed by atoms with van der Waals surface area (Å²) in [4.78, 5) is 0. The molecule has 2 heteroatoms. The maximum absolute atomic E-state index is 5.43. The number of fused-ring (bicyclic) bond motifs is 1. The van der Waals surface area contributed by atoms with Crippen molar-refractivity contribution in [3.05, 3.63) is 29.3 Å². The van der Waals surface area contributed by atoms with Crippen LogP contribution in [0.5, 0.6) is 5.75 Å². The standard InChI is InChI=1S/C19H29NO/c1-3-14-6-4-8-16(12-14)20-19-9-5-7-15-10-11-17(21-2)13-18(15)19/h10-11,13-14,16,19-20H,3-9,12H2,1-2H3. The second-order valence-electron chi connectivity index (χ2n) is 6.81. The van der Waals surface area contributed by atoms with Gasteiger partial charge in [0.2, 0.25) is 0 Å². The first kappa shape index (κ1) is 14.9. The van der Waals surface area contributed by atoms with Crippen LogP contribution in [0, 0.1) is 5.92 Å². The van der Waals surface area contributed by atoms with Crippen molar-refractivity contribution < 1.29 is 4.74 Å². The van der Waals surface area contributed by atoms with Gasteiger partial charge >= 0.3 is 0 Å². The van der Waals surface area contributed by atoms with Crippen LogP contribution in [0.4, 0.5) is 0 Å². The van der Waals surface area contributed by atoms with Crippen molar-refractivity contribution in [3.8, 4) is 5.75 Å². The van der Waals surface area contributed by atoms with Crippen LogP contribution in [0.2, 0.25) is 0 Å². The lowest BCUT2D eigenvalue weighted by Crippen LogP contribution is -2.38. The molecule has 1 aromatic carbocycles. The summed E-state index contributed by atoms with van der Waals surface area (Å²) in [5.41, 5.74) is 3.00. The Morgan fingerprint density at radius 3 is 2.90 bits per heavy atom. The molecule has 0 saturated heterocycles. The summed E-state index contributed by atoms with van der Waals surface area (Å²) in [6.45, 7) is 2.34. The fraction of sp³-hybridized carbons (Fsp3) is 0.684. The van der Waals surface area contributed by atoms with Gasteiger partial charge in [0.05, 0.1) is 7.11 Å². The van der Waals surface area contributed by atoms with Crippen LogP contribution in [0.1, 0.15) is 69.0 Å². The van der Waals surface area contributed by atoms with E-state index in [-0.39, 0.29) is 0 Å². The highest BCUT2D eigenvalue weighted by Gasteiger charge is 2.26. The normalized spacial score (nSPS) is 29.0. The zero-order valence-corrected chi connectivity index (χ0v) is 13.5.